The van der Waals surface area contributed by atoms with Gasteiger partial charge in [-0.25, -0.2) is 0 Å². The van der Waals surface area contributed by atoms with Crippen molar-refractivity contribution in [3.63, 3.8) is 0 Å². The Morgan fingerprint density at radius 1 is 1.53 bits per heavy atom. The van der Waals surface area contributed by atoms with E-state index < -0.39 is 0 Å². The molecule has 0 aliphatic carbocycles. The maximum absolute atomic E-state index is 8.73. The van der Waals surface area contributed by atoms with Crippen molar-refractivity contribution >= 4 is 5.84 Å². The van der Waals surface area contributed by atoms with Crippen LogP contribution in [0.1, 0.15) is 40.0 Å². The van der Waals surface area contributed by atoms with E-state index in [1.807, 2.05) is 13.8 Å². The van der Waals surface area contributed by atoms with Gasteiger partial charge in [0.25, 0.3) is 0 Å². The van der Waals surface area contributed by atoms with Crippen molar-refractivity contribution in [2.75, 3.05) is 26.7 Å². The molecule has 1 fully saturated rings. The van der Waals surface area contributed by atoms with Crippen LogP contribution in [0.15, 0.2) is 5.16 Å². The molecule has 1 aliphatic rings. The maximum atomic E-state index is 8.73. The number of hydrogen-bond donors (Lipinski definition) is 3. The molecule has 1 saturated heterocycles. The zero-order valence-corrected chi connectivity index (χ0v) is 12.8. The summed E-state index contributed by atoms with van der Waals surface area (Å²) in [6, 6.07) is 0.628. The van der Waals surface area contributed by atoms with Crippen LogP contribution >= 0.6 is 0 Å². The van der Waals surface area contributed by atoms with Crippen LogP contribution in [0.4, 0.5) is 0 Å². The molecule has 0 spiro atoms. The van der Waals surface area contributed by atoms with Gasteiger partial charge in [-0.2, -0.15) is 0 Å². The third kappa shape index (κ3) is 4.99. The van der Waals surface area contributed by atoms with E-state index in [1.165, 1.54) is 19.5 Å². The van der Waals surface area contributed by atoms with Gasteiger partial charge in [0.2, 0.25) is 0 Å². The lowest BCUT2D eigenvalue weighted by molar-refractivity contribution is 0.174. The molecule has 0 aromatic heterocycles. The largest absolute Gasteiger partial charge is 0.409 e. The minimum atomic E-state index is -0.227. The molecule has 0 radical (unpaired) electrons. The maximum Gasteiger partial charge on any atom is 0.144 e. The van der Waals surface area contributed by atoms with Crippen LogP contribution in [-0.4, -0.2) is 48.7 Å². The van der Waals surface area contributed by atoms with E-state index in [-0.39, 0.29) is 5.41 Å². The van der Waals surface area contributed by atoms with Gasteiger partial charge in [0.1, 0.15) is 5.84 Å². The average molecular weight is 270 g/mol. The highest BCUT2D eigenvalue weighted by Crippen LogP contribution is 2.22. The van der Waals surface area contributed by atoms with Crippen molar-refractivity contribution < 1.29 is 5.21 Å². The number of oxime groups is 1. The summed E-state index contributed by atoms with van der Waals surface area (Å²) in [4.78, 5) is 2.39. The molecule has 0 bridgehead atoms. The second kappa shape index (κ2) is 7.10. The molecule has 5 nitrogen and oxygen atoms in total. The summed E-state index contributed by atoms with van der Waals surface area (Å²) >= 11 is 0. The fourth-order valence-corrected chi connectivity index (χ4v) is 2.74. The zero-order valence-electron chi connectivity index (χ0n) is 12.8. The van der Waals surface area contributed by atoms with Gasteiger partial charge in [-0.05, 0) is 45.3 Å². The molecular formula is C14H30N4O. The first kappa shape index (κ1) is 16.2. The molecule has 1 heterocycles. The van der Waals surface area contributed by atoms with Crippen molar-refractivity contribution in [3.05, 3.63) is 0 Å². The average Bonchev–Trinajstić information content (AvgIpc) is 2.35. The highest BCUT2D eigenvalue weighted by atomic mass is 16.4. The van der Waals surface area contributed by atoms with Gasteiger partial charge in [0.15, 0.2) is 0 Å². The molecule has 1 rings (SSSR count). The van der Waals surface area contributed by atoms with Gasteiger partial charge in [-0.1, -0.05) is 25.9 Å². The van der Waals surface area contributed by atoms with E-state index in [9.17, 15) is 0 Å². The Kier molecular flexibility index (Phi) is 6.07. The standard InChI is InChI=1S/C14H30N4O/c1-11-10-18(4)9-6-12(11)16-8-5-7-14(2,3)13(15)17-19/h11-12,16,19H,5-10H2,1-4H3,(H2,15,17). The summed E-state index contributed by atoms with van der Waals surface area (Å²) < 4.78 is 0. The number of likely N-dealkylation sites (tertiary alicyclic amines) is 1. The molecule has 112 valence electrons. The van der Waals surface area contributed by atoms with Gasteiger partial charge in [-0.3, -0.25) is 0 Å². The van der Waals surface area contributed by atoms with Crippen LogP contribution in [0.25, 0.3) is 0 Å². The predicted molar refractivity (Wildman–Crippen MR) is 79.5 cm³/mol. The van der Waals surface area contributed by atoms with Crippen LogP contribution in [-0.2, 0) is 0 Å². The SMILES string of the molecule is CC1CN(C)CCC1NCCCC(C)(C)C(N)=NO. The van der Waals surface area contributed by atoms with Crippen molar-refractivity contribution in [2.45, 2.75) is 46.1 Å². The van der Waals surface area contributed by atoms with E-state index in [0.717, 1.165) is 19.4 Å². The number of piperidine rings is 1. The van der Waals surface area contributed by atoms with Gasteiger partial charge < -0.3 is 21.2 Å². The van der Waals surface area contributed by atoms with Crippen LogP contribution in [0.3, 0.4) is 0 Å². The summed E-state index contributed by atoms with van der Waals surface area (Å²) in [7, 11) is 2.19. The Morgan fingerprint density at radius 3 is 2.79 bits per heavy atom. The Hall–Kier alpha value is -0.810. The van der Waals surface area contributed by atoms with E-state index in [1.54, 1.807) is 0 Å². The quantitative estimate of drug-likeness (QED) is 0.225. The third-order valence-electron chi connectivity index (χ3n) is 4.29. The van der Waals surface area contributed by atoms with Crippen LogP contribution in [0.5, 0.6) is 0 Å². The van der Waals surface area contributed by atoms with E-state index in [2.05, 4.69) is 29.3 Å². The van der Waals surface area contributed by atoms with Crippen molar-refractivity contribution in [3.8, 4) is 0 Å². The first-order chi connectivity index (χ1) is 8.86. The highest BCUT2D eigenvalue weighted by molar-refractivity contribution is 5.85. The summed E-state index contributed by atoms with van der Waals surface area (Å²) in [6.45, 7) is 9.69. The second-order valence-electron chi connectivity index (χ2n) is 6.56. The second-order valence-corrected chi connectivity index (χ2v) is 6.56. The Balaban J connectivity index is 2.24. The minimum Gasteiger partial charge on any atom is -0.409 e. The van der Waals surface area contributed by atoms with Gasteiger partial charge >= 0.3 is 0 Å². The van der Waals surface area contributed by atoms with Crippen molar-refractivity contribution in [2.24, 2.45) is 22.2 Å². The van der Waals surface area contributed by atoms with Crippen molar-refractivity contribution in [1.82, 2.24) is 10.2 Å². The molecule has 2 unspecified atom stereocenters. The normalized spacial score (nSPS) is 26.6. The molecule has 0 amide bonds. The summed E-state index contributed by atoms with van der Waals surface area (Å²) in [5, 5.41) is 15.5. The molecule has 5 heteroatoms. The molecule has 19 heavy (non-hydrogen) atoms. The Labute approximate surface area is 117 Å². The Bertz CT molecular complexity index is 304. The van der Waals surface area contributed by atoms with Crippen LogP contribution in [0.2, 0.25) is 0 Å². The summed E-state index contributed by atoms with van der Waals surface area (Å²) in [6.07, 6.45) is 3.19. The number of nitrogens with one attached hydrogen (secondary N) is 1. The number of amidine groups is 1. The molecule has 0 aromatic rings. The topological polar surface area (TPSA) is 73.9 Å². The monoisotopic (exact) mass is 270 g/mol. The lowest BCUT2D eigenvalue weighted by Gasteiger charge is -2.35. The molecule has 2 atom stereocenters. The number of nitrogens with zero attached hydrogens (tertiary/aromatic N) is 2. The molecule has 4 N–H and O–H groups in total. The molecule has 0 saturated carbocycles. The summed E-state index contributed by atoms with van der Waals surface area (Å²) in [5.74, 6) is 1.02. The molecular weight excluding hydrogens is 240 g/mol. The smallest absolute Gasteiger partial charge is 0.144 e. The first-order valence-electron chi connectivity index (χ1n) is 7.26. The van der Waals surface area contributed by atoms with Gasteiger partial charge in [-0.15, -0.1) is 0 Å². The van der Waals surface area contributed by atoms with Gasteiger partial charge in [0.05, 0.1) is 0 Å². The zero-order chi connectivity index (χ0) is 14.5. The summed E-state index contributed by atoms with van der Waals surface area (Å²) in [5.41, 5.74) is 5.46. The number of nitrogens with two attached hydrogens (primary N) is 1. The first-order valence-corrected chi connectivity index (χ1v) is 7.26. The number of rotatable bonds is 6. The van der Waals surface area contributed by atoms with Gasteiger partial charge in [0, 0.05) is 18.0 Å². The number of hydrogen-bond acceptors (Lipinski definition) is 4. The Morgan fingerprint density at radius 2 is 2.21 bits per heavy atom. The highest BCUT2D eigenvalue weighted by Gasteiger charge is 2.25. The van der Waals surface area contributed by atoms with E-state index in [0.29, 0.717) is 17.8 Å². The fraction of sp³-hybridized carbons (Fsp3) is 0.929. The third-order valence-corrected chi connectivity index (χ3v) is 4.29. The van der Waals surface area contributed by atoms with Crippen LogP contribution < -0.4 is 11.1 Å². The minimum absolute atomic E-state index is 0.227. The predicted octanol–water partition coefficient (Wildman–Crippen LogP) is 1.47. The lowest BCUT2D eigenvalue weighted by Crippen LogP contribution is -2.47. The molecule has 0 aromatic carbocycles. The molecule has 1 aliphatic heterocycles. The lowest BCUT2D eigenvalue weighted by atomic mass is 9.86. The van der Waals surface area contributed by atoms with E-state index in [4.69, 9.17) is 10.9 Å². The van der Waals surface area contributed by atoms with Crippen LogP contribution in [0, 0.1) is 11.3 Å². The van der Waals surface area contributed by atoms with E-state index >= 15 is 0 Å². The fourth-order valence-electron chi connectivity index (χ4n) is 2.74. The van der Waals surface area contributed by atoms with Crippen molar-refractivity contribution in [1.29, 1.82) is 0 Å².